The smallest absolute Gasteiger partial charge is 0.271 e. The number of aliphatic hydroxyl groups is 1. The summed E-state index contributed by atoms with van der Waals surface area (Å²) in [4.78, 5) is 19.4. The van der Waals surface area contributed by atoms with Gasteiger partial charge in [-0.1, -0.05) is 0 Å². The Hall–Kier alpha value is -2.21. The molecule has 0 aromatic carbocycles. The Morgan fingerprint density at radius 3 is 3.00 bits per heavy atom. The van der Waals surface area contributed by atoms with Crippen LogP contribution in [-0.2, 0) is 5.60 Å². The van der Waals surface area contributed by atoms with Crippen LogP contribution in [0.2, 0.25) is 0 Å². The molecular weight excluding hydrogens is 234 g/mol. The van der Waals surface area contributed by atoms with Crippen molar-refractivity contribution in [1.82, 2.24) is 15.3 Å². The van der Waals surface area contributed by atoms with Gasteiger partial charge in [0.25, 0.3) is 5.91 Å². The quantitative estimate of drug-likeness (QED) is 0.830. The number of aromatic nitrogens is 2. The number of rotatable bonds is 4. The van der Waals surface area contributed by atoms with E-state index >= 15 is 0 Å². The van der Waals surface area contributed by atoms with Crippen LogP contribution in [0.1, 0.15) is 23.2 Å². The molecule has 0 saturated carbocycles. The predicted octanol–water partition coefficient (Wildman–Crippen LogP) is 0.707. The van der Waals surface area contributed by atoms with Gasteiger partial charge >= 0.3 is 0 Å². The molecule has 0 fully saturated rings. The van der Waals surface area contributed by atoms with Gasteiger partial charge in [0.05, 0.1) is 19.0 Å². The van der Waals surface area contributed by atoms with Crippen LogP contribution < -0.4 is 5.32 Å². The Kier molecular flexibility index (Phi) is 3.38. The molecule has 0 aliphatic heterocycles. The van der Waals surface area contributed by atoms with Crippen molar-refractivity contribution < 1.29 is 14.3 Å². The van der Waals surface area contributed by atoms with E-state index in [9.17, 15) is 9.90 Å². The van der Waals surface area contributed by atoms with Gasteiger partial charge in [0, 0.05) is 12.4 Å². The molecule has 0 saturated heterocycles. The normalized spacial score (nSPS) is 13.9. The van der Waals surface area contributed by atoms with Gasteiger partial charge in [0.2, 0.25) is 0 Å². The molecule has 0 bridgehead atoms. The zero-order chi connectivity index (χ0) is 13.0. The van der Waals surface area contributed by atoms with Crippen molar-refractivity contribution in [2.45, 2.75) is 12.5 Å². The van der Waals surface area contributed by atoms with Crippen LogP contribution in [-0.4, -0.2) is 27.5 Å². The Labute approximate surface area is 104 Å². The lowest BCUT2D eigenvalue weighted by Gasteiger charge is -2.20. The number of hydrogen-bond acceptors (Lipinski definition) is 5. The van der Waals surface area contributed by atoms with Gasteiger partial charge in [-0.25, -0.2) is 4.98 Å². The summed E-state index contributed by atoms with van der Waals surface area (Å²) in [5, 5.41) is 12.7. The van der Waals surface area contributed by atoms with Gasteiger partial charge in [-0.3, -0.25) is 9.78 Å². The minimum Gasteiger partial charge on any atom is -0.466 e. The molecule has 94 valence electrons. The van der Waals surface area contributed by atoms with Crippen molar-refractivity contribution in [1.29, 1.82) is 0 Å². The van der Waals surface area contributed by atoms with Crippen LogP contribution in [0.4, 0.5) is 0 Å². The average Bonchev–Trinajstić information content (AvgIpc) is 2.92. The molecule has 2 heterocycles. The molecule has 1 unspecified atom stereocenters. The van der Waals surface area contributed by atoms with E-state index in [0.29, 0.717) is 5.76 Å². The van der Waals surface area contributed by atoms with E-state index in [2.05, 4.69) is 15.3 Å². The summed E-state index contributed by atoms with van der Waals surface area (Å²) in [6.45, 7) is 1.58. The minimum atomic E-state index is -1.26. The standard InChI is InChI=1S/C12H13N3O3/c1-12(17,10-3-2-6-18-10)8-15-11(16)9-7-13-4-5-14-9/h2-7,17H,8H2,1H3,(H,15,16). The Morgan fingerprint density at radius 2 is 2.39 bits per heavy atom. The predicted molar refractivity (Wildman–Crippen MR) is 62.6 cm³/mol. The second-order valence-electron chi connectivity index (χ2n) is 4.02. The summed E-state index contributed by atoms with van der Waals surface area (Å²) >= 11 is 0. The second kappa shape index (κ2) is 4.97. The van der Waals surface area contributed by atoms with E-state index in [0.717, 1.165) is 0 Å². The first-order chi connectivity index (χ1) is 8.59. The molecule has 0 radical (unpaired) electrons. The zero-order valence-electron chi connectivity index (χ0n) is 9.83. The number of furan rings is 1. The monoisotopic (exact) mass is 247 g/mol. The van der Waals surface area contributed by atoms with Crippen molar-refractivity contribution in [3.05, 3.63) is 48.4 Å². The lowest BCUT2D eigenvalue weighted by molar-refractivity contribution is 0.0329. The fraction of sp³-hybridized carbons (Fsp3) is 0.250. The van der Waals surface area contributed by atoms with Crippen LogP contribution in [0.25, 0.3) is 0 Å². The third-order valence-electron chi connectivity index (χ3n) is 2.44. The van der Waals surface area contributed by atoms with Gasteiger partial charge in [0.1, 0.15) is 17.1 Å². The molecule has 1 atom stereocenters. The number of carbonyl (C=O) groups is 1. The van der Waals surface area contributed by atoms with E-state index in [-0.39, 0.29) is 12.2 Å². The van der Waals surface area contributed by atoms with Crippen molar-refractivity contribution in [3.63, 3.8) is 0 Å². The lowest BCUT2D eigenvalue weighted by Crippen LogP contribution is -2.38. The van der Waals surface area contributed by atoms with Crippen LogP contribution in [0.5, 0.6) is 0 Å². The van der Waals surface area contributed by atoms with Crippen molar-refractivity contribution in [3.8, 4) is 0 Å². The Balaban J connectivity index is 1.98. The van der Waals surface area contributed by atoms with Gasteiger partial charge in [-0.15, -0.1) is 0 Å². The maximum atomic E-state index is 11.7. The molecular formula is C12H13N3O3. The fourth-order valence-corrected chi connectivity index (χ4v) is 1.43. The second-order valence-corrected chi connectivity index (χ2v) is 4.02. The number of carbonyl (C=O) groups excluding carboxylic acids is 1. The number of nitrogens with one attached hydrogen (secondary N) is 1. The highest BCUT2D eigenvalue weighted by Gasteiger charge is 2.27. The summed E-state index contributed by atoms with van der Waals surface area (Å²) in [6, 6.07) is 3.32. The van der Waals surface area contributed by atoms with Crippen molar-refractivity contribution >= 4 is 5.91 Å². The maximum Gasteiger partial charge on any atom is 0.271 e. The van der Waals surface area contributed by atoms with Gasteiger partial charge in [-0.05, 0) is 19.1 Å². The molecule has 6 nitrogen and oxygen atoms in total. The number of nitrogens with zero attached hydrogens (tertiary/aromatic N) is 2. The highest BCUT2D eigenvalue weighted by molar-refractivity contribution is 5.91. The Bertz CT molecular complexity index is 509. The van der Waals surface area contributed by atoms with Crippen LogP contribution in [0, 0.1) is 0 Å². The third kappa shape index (κ3) is 2.72. The highest BCUT2D eigenvalue weighted by atomic mass is 16.4. The van der Waals surface area contributed by atoms with Crippen LogP contribution in [0.15, 0.2) is 41.4 Å². The summed E-state index contributed by atoms with van der Waals surface area (Å²) in [7, 11) is 0. The summed E-state index contributed by atoms with van der Waals surface area (Å²) < 4.78 is 5.11. The largest absolute Gasteiger partial charge is 0.466 e. The highest BCUT2D eigenvalue weighted by Crippen LogP contribution is 2.19. The molecule has 18 heavy (non-hydrogen) atoms. The van der Waals surface area contributed by atoms with Crippen LogP contribution >= 0.6 is 0 Å². The Morgan fingerprint density at radius 1 is 1.56 bits per heavy atom. The maximum absolute atomic E-state index is 11.7. The topological polar surface area (TPSA) is 88.2 Å². The molecule has 1 amide bonds. The van der Waals surface area contributed by atoms with Crippen LogP contribution in [0.3, 0.4) is 0 Å². The third-order valence-corrected chi connectivity index (χ3v) is 2.44. The van der Waals surface area contributed by atoms with E-state index in [1.54, 1.807) is 19.1 Å². The van der Waals surface area contributed by atoms with E-state index in [1.165, 1.54) is 24.9 Å². The molecule has 0 aliphatic carbocycles. The number of amides is 1. The van der Waals surface area contributed by atoms with Crippen molar-refractivity contribution in [2.75, 3.05) is 6.54 Å². The van der Waals surface area contributed by atoms with E-state index < -0.39 is 11.5 Å². The van der Waals surface area contributed by atoms with Gasteiger partial charge in [0.15, 0.2) is 0 Å². The average molecular weight is 247 g/mol. The lowest BCUT2D eigenvalue weighted by atomic mass is 10.0. The summed E-state index contributed by atoms with van der Waals surface area (Å²) in [6.07, 6.45) is 5.74. The van der Waals surface area contributed by atoms with E-state index in [1.807, 2.05) is 0 Å². The molecule has 0 aliphatic rings. The molecule has 0 spiro atoms. The first-order valence-corrected chi connectivity index (χ1v) is 5.40. The summed E-state index contributed by atoms with van der Waals surface area (Å²) in [5.74, 6) is -0.00289. The molecule has 2 rings (SSSR count). The van der Waals surface area contributed by atoms with E-state index in [4.69, 9.17) is 4.42 Å². The number of hydrogen-bond donors (Lipinski definition) is 2. The first kappa shape index (κ1) is 12.3. The van der Waals surface area contributed by atoms with Crippen molar-refractivity contribution in [2.24, 2.45) is 0 Å². The fourth-order valence-electron chi connectivity index (χ4n) is 1.43. The molecule has 2 aromatic heterocycles. The van der Waals surface area contributed by atoms with Gasteiger partial charge < -0.3 is 14.8 Å². The zero-order valence-corrected chi connectivity index (χ0v) is 9.83. The molecule has 2 aromatic rings. The first-order valence-electron chi connectivity index (χ1n) is 5.40. The summed E-state index contributed by atoms with van der Waals surface area (Å²) in [5.41, 5.74) is -1.06. The minimum absolute atomic E-state index is 0.0237. The van der Waals surface area contributed by atoms with Gasteiger partial charge in [-0.2, -0.15) is 0 Å². The molecule has 2 N–H and O–H groups in total. The SMILES string of the molecule is CC(O)(CNC(=O)c1cnccn1)c1ccco1. The molecule has 6 heteroatoms.